The Balaban J connectivity index is 2.07. The van der Waals surface area contributed by atoms with Crippen molar-refractivity contribution < 1.29 is 19.1 Å². The Morgan fingerprint density at radius 3 is 2.21 bits per heavy atom. The van der Waals surface area contributed by atoms with Crippen LogP contribution in [-0.2, 0) is 9.59 Å². The second-order valence-electron chi connectivity index (χ2n) is 6.45. The van der Waals surface area contributed by atoms with Crippen molar-refractivity contribution in [2.75, 3.05) is 50.0 Å². The van der Waals surface area contributed by atoms with Gasteiger partial charge in [0.25, 0.3) is 0 Å². The Morgan fingerprint density at radius 1 is 1.00 bits per heavy atom. The molecular formula is C21H27N3O4. The Hall–Kier alpha value is -3.22. The van der Waals surface area contributed by atoms with Crippen molar-refractivity contribution in [2.45, 2.75) is 13.3 Å². The standard InChI is InChI=1S/C21H27N3O4/c1-15(25)24(19-14-18(27-4)10-11-20(19)28-5)13-12-21(26)22-16-6-8-17(9-7-16)23(2)3/h6-11,14H,12-13H2,1-5H3,(H,22,26). The number of hydrogen-bond donors (Lipinski definition) is 1. The zero-order chi connectivity index (χ0) is 20.7. The quantitative estimate of drug-likeness (QED) is 0.756. The summed E-state index contributed by atoms with van der Waals surface area (Å²) in [7, 11) is 7.00. The predicted molar refractivity (Wildman–Crippen MR) is 112 cm³/mol. The summed E-state index contributed by atoms with van der Waals surface area (Å²) in [6, 6.07) is 12.8. The molecule has 2 amide bonds. The average molecular weight is 385 g/mol. The zero-order valence-electron chi connectivity index (χ0n) is 17.0. The van der Waals surface area contributed by atoms with Crippen molar-refractivity contribution in [2.24, 2.45) is 0 Å². The maximum absolute atomic E-state index is 12.4. The van der Waals surface area contributed by atoms with Crippen LogP contribution in [0.1, 0.15) is 13.3 Å². The topological polar surface area (TPSA) is 71.1 Å². The highest BCUT2D eigenvalue weighted by molar-refractivity contribution is 5.96. The number of carbonyl (C=O) groups excluding carboxylic acids is 2. The Kier molecular flexibility index (Phi) is 7.26. The fourth-order valence-electron chi connectivity index (χ4n) is 2.73. The Morgan fingerprint density at radius 2 is 1.68 bits per heavy atom. The second-order valence-corrected chi connectivity index (χ2v) is 6.45. The Labute approximate surface area is 165 Å². The third-order valence-corrected chi connectivity index (χ3v) is 4.29. The Bertz CT molecular complexity index is 819. The van der Waals surface area contributed by atoms with Crippen molar-refractivity contribution in [3.63, 3.8) is 0 Å². The molecule has 1 N–H and O–H groups in total. The van der Waals surface area contributed by atoms with Gasteiger partial charge < -0.3 is 24.6 Å². The molecule has 0 saturated heterocycles. The lowest BCUT2D eigenvalue weighted by Crippen LogP contribution is -2.32. The van der Waals surface area contributed by atoms with Crippen LogP contribution in [0, 0.1) is 0 Å². The molecule has 0 heterocycles. The van der Waals surface area contributed by atoms with Crippen LogP contribution < -0.4 is 24.6 Å². The van der Waals surface area contributed by atoms with E-state index in [0.29, 0.717) is 22.9 Å². The molecule has 7 nitrogen and oxygen atoms in total. The molecule has 2 aromatic rings. The highest BCUT2D eigenvalue weighted by Crippen LogP contribution is 2.32. The highest BCUT2D eigenvalue weighted by atomic mass is 16.5. The lowest BCUT2D eigenvalue weighted by atomic mass is 10.2. The van der Waals surface area contributed by atoms with Gasteiger partial charge in [0.15, 0.2) is 0 Å². The van der Waals surface area contributed by atoms with E-state index in [1.54, 1.807) is 25.3 Å². The number of hydrogen-bond acceptors (Lipinski definition) is 5. The number of rotatable bonds is 8. The molecule has 28 heavy (non-hydrogen) atoms. The van der Waals surface area contributed by atoms with E-state index in [1.165, 1.54) is 18.9 Å². The minimum absolute atomic E-state index is 0.148. The van der Waals surface area contributed by atoms with Crippen LogP contribution in [0.15, 0.2) is 42.5 Å². The van der Waals surface area contributed by atoms with Crippen LogP contribution in [0.25, 0.3) is 0 Å². The molecule has 0 saturated carbocycles. The van der Waals surface area contributed by atoms with Crippen molar-refractivity contribution >= 4 is 28.9 Å². The summed E-state index contributed by atoms with van der Waals surface area (Å²) in [5.74, 6) is 0.781. The summed E-state index contributed by atoms with van der Waals surface area (Å²) in [6.07, 6.45) is 0.148. The van der Waals surface area contributed by atoms with E-state index in [0.717, 1.165) is 5.69 Å². The van der Waals surface area contributed by atoms with E-state index in [4.69, 9.17) is 9.47 Å². The van der Waals surface area contributed by atoms with Gasteiger partial charge >= 0.3 is 0 Å². The largest absolute Gasteiger partial charge is 0.497 e. The number of benzene rings is 2. The maximum atomic E-state index is 12.4. The molecule has 0 aliphatic rings. The monoisotopic (exact) mass is 385 g/mol. The molecule has 2 rings (SSSR count). The van der Waals surface area contributed by atoms with E-state index in [-0.39, 0.29) is 24.8 Å². The van der Waals surface area contributed by atoms with Gasteiger partial charge in [-0.25, -0.2) is 0 Å². The predicted octanol–water partition coefficient (Wildman–Crippen LogP) is 3.15. The number of carbonyl (C=O) groups is 2. The maximum Gasteiger partial charge on any atom is 0.226 e. The van der Waals surface area contributed by atoms with Crippen molar-refractivity contribution in [1.29, 1.82) is 0 Å². The third kappa shape index (κ3) is 5.39. The molecule has 0 aliphatic carbocycles. The molecule has 0 atom stereocenters. The van der Waals surface area contributed by atoms with Gasteiger partial charge in [-0.05, 0) is 36.4 Å². The molecule has 7 heteroatoms. The molecule has 2 aromatic carbocycles. The van der Waals surface area contributed by atoms with E-state index >= 15 is 0 Å². The first-order chi connectivity index (χ1) is 13.3. The van der Waals surface area contributed by atoms with Crippen molar-refractivity contribution in [3.8, 4) is 11.5 Å². The summed E-state index contributed by atoms with van der Waals surface area (Å²) < 4.78 is 10.6. The molecule has 0 unspecified atom stereocenters. The summed E-state index contributed by atoms with van der Waals surface area (Å²) in [5, 5.41) is 2.85. The first kappa shape index (κ1) is 21.1. The lowest BCUT2D eigenvalue weighted by molar-refractivity contribution is -0.117. The van der Waals surface area contributed by atoms with Crippen LogP contribution in [0.3, 0.4) is 0 Å². The molecule has 0 aromatic heterocycles. The molecule has 0 aliphatic heterocycles. The van der Waals surface area contributed by atoms with E-state index < -0.39 is 0 Å². The molecule has 0 bridgehead atoms. The van der Waals surface area contributed by atoms with Gasteiger partial charge in [0.1, 0.15) is 11.5 Å². The third-order valence-electron chi connectivity index (χ3n) is 4.29. The number of ether oxygens (including phenoxy) is 2. The van der Waals surface area contributed by atoms with Crippen LogP contribution in [0.4, 0.5) is 17.1 Å². The summed E-state index contributed by atoms with van der Waals surface area (Å²) in [5.41, 5.74) is 2.33. The normalized spacial score (nSPS) is 10.2. The van der Waals surface area contributed by atoms with Gasteiger partial charge in [-0.1, -0.05) is 0 Å². The van der Waals surface area contributed by atoms with Crippen molar-refractivity contribution in [1.82, 2.24) is 0 Å². The van der Waals surface area contributed by atoms with Crippen LogP contribution in [0.2, 0.25) is 0 Å². The molecule has 150 valence electrons. The van der Waals surface area contributed by atoms with Gasteiger partial charge in [0.05, 0.1) is 19.9 Å². The van der Waals surface area contributed by atoms with Crippen LogP contribution >= 0.6 is 0 Å². The van der Waals surface area contributed by atoms with E-state index in [1.807, 2.05) is 43.3 Å². The smallest absolute Gasteiger partial charge is 0.226 e. The fraction of sp³-hybridized carbons (Fsp3) is 0.333. The lowest BCUT2D eigenvalue weighted by Gasteiger charge is -2.23. The van der Waals surface area contributed by atoms with E-state index in [9.17, 15) is 9.59 Å². The van der Waals surface area contributed by atoms with Crippen molar-refractivity contribution in [3.05, 3.63) is 42.5 Å². The van der Waals surface area contributed by atoms with Gasteiger partial charge in [0.2, 0.25) is 11.8 Å². The van der Waals surface area contributed by atoms with Gasteiger partial charge in [-0.2, -0.15) is 0 Å². The minimum Gasteiger partial charge on any atom is -0.497 e. The number of nitrogens with zero attached hydrogens (tertiary/aromatic N) is 2. The minimum atomic E-state index is -0.185. The van der Waals surface area contributed by atoms with Gasteiger partial charge in [-0.3, -0.25) is 9.59 Å². The highest BCUT2D eigenvalue weighted by Gasteiger charge is 2.18. The summed E-state index contributed by atoms with van der Waals surface area (Å²) in [4.78, 5) is 28.0. The number of anilines is 3. The average Bonchev–Trinajstić information content (AvgIpc) is 2.68. The molecule has 0 spiro atoms. The van der Waals surface area contributed by atoms with Crippen LogP contribution in [-0.4, -0.2) is 46.7 Å². The molecule has 0 radical (unpaired) electrons. The van der Waals surface area contributed by atoms with Gasteiger partial charge in [-0.15, -0.1) is 0 Å². The first-order valence-corrected chi connectivity index (χ1v) is 8.93. The van der Waals surface area contributed by atoms with E-state index in [2.05, 4.69) is 5.32 Å². The summed E-state index contributed by atoms with van der Waals surface area (Å²) in [6.45, 7) is 1.68. The summed E-state index contributed by atoms with van der Waals surface area (Å²) >= 11 is 0. The fourth-order valence-corrected chi connectivity index (χ4v) is 2.73. The second kappa shape index (κ2) is 9.64. The van der Waals surface area contributed by atoms with Crippen LogP contribution in [0.5, 0.6) is 11.5 Å². The number of amides is 2. The molecular weight excluding hydrogens is 358 g/mol. The van der Waals surface area contributed by atoms with Gasteiger partial charge in [0, 0.05) is 51.4 Å². The molecule has 0 fully saturated rings. The number of methoxy groups -OCH3 is 2. The zero-order valence-corrected chi connectivity index (χ0v) is 17.0. The number of nitrogens with one attached hydrogen (secondary N) is 1. The first-order valence-electron chi connectivity index (χ1n) is 8.93. The SMILES string of the molecule is COc1ccc(OC)c(N(CCC(=O)Nc2ccc(N(C)C)cc2)C(C)=O)c1.